The fourth-order valence-electron chi connectivity index (χ4n) is 3.62. The van der Waals surface area contributed by atoms with Crippen molar-refractivity contribution < 1.29 is 9.53 Å². The minimum Gasteiger partial charge on any atom is -0.379 e. The highest BCUT2D eigenvalue weighted by atomic mass is 16.5. The van der Waals surface area contributed by atoms with Crippen molar-refractivity contribution >= 4 is 23.4 Å². The molecule has 25 heavy (non-hydrogen) atoms. The topological polar surface area (TPSA) is 93.4 Å². The first-order valence-corrected chi connectivity index (χ1v) is 8.49. The predicted molar refractivity (Wildman–Crippen MR) is 95.5 cm³/mol. The van der Waals surface area contributed by atoms with Gasteiger partial charge in [0.05, 0.1) is 19.1 Å². The van der Waals surface area contributed by atoms with Crippen LogP contribution in [0.15, 0.2) is 24.3 Å². The van der Waals surface area contributed by atoms with Crippen LogP contribution in [0.3, 0.4) is 0 Å². The number of rotatable bonds is 2. The summed E-state index contributed by atoms with van der Waals surface area (Å²) < 4.78 is 5.84. The van der Waals surface area contributed by atoms with Crippen molar-refractivity contribution in [3.8, 4) is 0 Å². The molecule has 0 saturated carbocycles. The number of carbonyl (C=O) groups is 1. The Balaban J connectivity index is 1.78. The number of nitrogens with one attached hydrogen (secondary N) is 1. The zero-order chi connectivity index (χ0) is 17.4. The van der Waals surface area contributed by atoms with Crippen LogP contribution in [0.25, 0.3) is 0 Å². The SMILES string of the molecule is Cc1cc(N2CCCOC[C@H]2c2cccc3c2CC(=O)N3)nc(N)n1. The number of ether oxygens (including phenoxy) is 1. The van der Waals surface area contributed by atoms with Crippen molar-refractivity contribution in [1.82, 2.24) is 9.97 Å². The third kappa shape index (κ3) is 3.02. The largest absolute Gasteiger partial charge is 0.379 e. The maximum absolute atomic E-state index is 11.9. The average Bonchev–Trinajstić information content (AvgIpc) is 2.79. The number of amides is 1. The van der Waals surface area contributed by atoms with E-state index < -0.39 is 0 Å². The maximum atomic E-state index is 11.9. The summed E-state index contributed by atoms with van der Waals surface area (Å²) in [6.45, 7) is 3.98. The molecule has 4 rings (SSSR count). The van der Waals surface area contributed by atoms with Gasteiger partial charge in [0, 0.05) is 30.6 Å². The zero-order valence-corrected chi connectivity index (χ0v) is 14.2. The summed E-state index contributed by atoms with van der Waals surface area (Å²) >= 11 is 0. The minimum absolute atomic E-state index is 0.0150. The van der Waals surface area contributed by atoms with E-state index in [9.17, 15) is 4.79 Å². The van der Waals surface area contributed by atoms with Crippen LogP contribution >= 0.6 is 0 Å². The van der Waals surface area contributed by atoms with Crippen LogP contribution in [0.4, 0.5) is 17.5 Å². The van der Waals surface area contributed by atoms with Gasteiger partial charge in [0.25, 0.3) is 0 Å². The molecule has 7 heteroatoms. The van der Waals surface area contributed by atoms with Crippen molar-refractivity contribution in [2.24, 2.45) is 0 Å². The quantitative estimate of drug-likeness (QED) is 0.867. The van der Waals surface area contributed by atoms with Gasteiger partial charge in [0.15, 0.2) is 0 Å². The number of nitrogen functional groups attached to an aromatic ring is 1. The van der Waals surface area contributed by atoms with Crippen molar-refractivity contribution in [2.45, 2.75) is 25.8 Å². The lowest BCUT2D eigenvalue weighted by Crippen LogP contribution is -2.32. The van der Waals surface area contributed by atoms with E-state index in [4.69, 9.17) is 10.5 Å². The summed E-state index contributed by atoms with van der Waals surface area (Å²) in [5, 5.41) is 2.92. The first-order chi connectivity index (χ1) is 12.1. The van der Waals surface area contributed by atoms with Gasteiger partial charge in [-0.2, -0.15) is 4.98 Å². The molecule has 1 aromatic carbocycles. The Morgan fingerprint density at radius 3 is 3.08 bits per heavy atom. The number of anilines is 3. The maximum Gasteiger partial charge on any atom is 0.228 e. The average molecular weight is 339 g/mol. The Morgan fingerprint density at radius 1 is 1.36 bits per heavy atom. The number of aromatic nitrogens is 2. The van der Waals surface area contributed by atoms with E-state index in [1.807, 2.05) is 25.1 Å². The van der Waals surface area contributed by atoms with E-state index in [2.05, 4.69) is 26.3 Å². The van der Waals surface area contributed by atoms with Crippen molar-refractivity contribution in [1.29, 1.82) is 0 Å². The third-order valence-electron chi connectivity index (χ3n) is 4.67. The van der Waals surface area contributed by atoms with Crippen LogP contribution in [0.1, 0.15) is 29.3 Å². The molecular weight excluding hydrogens is 318 g/mol. The normalized spacial score (nSPS) is 20.1. The number of aryl methyl sites for hydroxylation is 1. The second-order valence-corrected chi connectivity index (χ2v) is 6.46. The Bertz CT molecular complexity index is 803. The number of benzene rings is 1. The summed E-state index contributed by atoms with van der Waals surface area (Å²) in [5.74, 6) is 1.11. The molecule has 1 amide bonds. The number of hydrogen-bond donors (Lipinski definition) is 2. The highest BCUT2D eigenvalue weighted by Crippen LogP contribution is 2.35. The highest BCUT2D eigenvalue weighted by molar-refractivity contribution is 5.99. The van der Waals surface area contributed by atoms with Crippen LogP contribution < -0.4 is 16.0 Å². The van der Waals surface area contributed by atoms with Gasteiger partial charge in [-0.3, -0.25) is 4.79 Å². The van der Waals surface area contributed by atoms with E-state index in [-0.39, 0.29) is 17.9 Å². The number of fused-ring (bicyclic) bond motifs is 1. The van der Waals surface area contributed by atoms with Crippen molar-refractivity contribution in [3.05, 3.63) is 41.1 Å². The second-order valence-electron chi connectivity index (χ2n) is 6.46. The molecule has 130 valence electrons. The molecule has 1 atom stereocenters. The molecule has 0 unspecified atom stereocenters. The molecule has 2 aliphatic rings. The molecule has 0 radical (unpaired) electrons. The fraction of sp³-hybridized carbons (Fsp3) is 0.389. The molecule has 0 spiro atoms. The van der Waals surface area contributed by atoms with E-state index in [1.165, 1.54) is 0 Å². The van der Waals surface area contributed by atoms with Gasteiger partial charge in [0.2, 0.25) is 11.9 Å². The van der Waals surface area contributed by atoms with Gasteiger partial charge in [-0.05, 0) is 30.5 Å². The minimum atomic E-state index is -0.0150. The Labute approximate surface area is 146 Å². The Kier molecular flexibility index (Phi) is 4.01. The summed E-state index contributed by atoms with van der Waals surface area (Å²) in [6.07, 6.45) is 1.31. The first-order valence-electron chi connectivity index (χ1n) is 8.49. The van der Waals surface area contributed by atoms with Crippen molar-refractivity contribution in [3.63, 3.8) is 0 Å². The summed E-state index contributed by atoms with van der Waals surface area (Å²) in [5.41, 5.74) is 9.74. The van der Waals surface area contributed by atoms with Crippen LogP contribution in [-0.4, -0.2) is 35.6 Å². The van der Waals surface area contributed by atoms with Crippen LogP contribution in [0.2, 0.25) is 0 Å². The highest BCUT2D eigenvalue weighted by Gasteiger charge is 2.30. The summed E-state index contributed by atoms with van der Waals surface area (Å²) in [6, 6.07) is 7.92. The monoisotopic (exact) mass is 339 g/mol. The lowest BCUT2D eigenvalue weighted by molar-refractivity contribution is -0.115. The van der Waals surface area contributed by atoms with Gasteiger partial charge < -0.3 is 20.7 Å². The van der Waals surface area contributed by atoms with Crippen LogP contribution in [-0.2, 0) is 16.0 Å². The van der Waals surface area contributed by atoms with E-state index in [0.29, 0.717) is 19.6 Å². The molecule has 1 aromatic heterocycles. The van der Waals surface area contributed by atoms with Gasteiger partial charge in [-0.1, -0.05) is 12.1 Å². The lowest BCUT2D eigenvalue weighted by atomic mass is 9.97. The van der Waals surface area contributed by atoms with Crippen molar-refractivity contribution in [2.75, 3.05) is 35.7 Å². The number of carbonyl (C=O) groups excluding carboxylic acids is 1. The molecule has 3 N–H and O–H groups in total. The standard InChI is InChI=1S/C18H21N5O2/c1-11-8-16(22-18(19)20-11)23-6-3-7-25-10-15(23)12-4-2-5-14-13(12)9-17(24)21-14/h2,4-5,8,15H,3,6-7,9-10H2,1H3,(H,21,24)(H2,19,20,22)/t15-/m0/s1. The van der Waals surface area contributed by atoms with Gasteiger partial charge in [-0.25, -0.2) is 4.98 Å². The summed E-state index contributed by atoms with van der Waals surface area (Å²) in [4.78, 5) is 22.7. The second kappa shape index (κ2) is 6.33. The molecular formula is C18H21N5O2. The molecule has 7 nitrogen and oxygen atoms in total. The van der Waals surface area contributed by atoms with Crippen LogP contribution in [0, 0.1) is 6.92 Å². The molecule has 3 heterocycles. The Morgan fingerprint density at radius 2 is 2.24 bits per heavy atom. The van der Waals surface area contributed by atoms with Gasteiger partial charge in [0.1, 0.15) is 5.82 Å². The summed E-state index contributed by atoms with van der Waals surface area (Å²) in [7, 11) is 0. The molecule has 1 fully saturated rings. The van der Waals surface area contributed by atoms with E-state index >= 15 is 0 Å². The third-order valence-corrected chi connectivity index (χ3v) is 4.67. The fourth-order valence-corrected chi connectivity index (χ4v) is 3.62. The molecule has 2 aliphatic heterocycles. The van der Waals surface area contributed by atoms with Gasteiger partial charge >= 0.3 is 0 Å². The van der Waals surface area contributed by atoms with E-state index in [1.54, 1.807) is 0 Å². The molecule has 1 saturated heterocycles. The zero-order valence-electron chi connectivity index (χ0n) is 14.2. The first kappa shape index (κ1) is 15.8. The predicted octanol–water partition coefficient (Wildman–Crippen LogP) is 1.83. The number of hydrogen-bond acceptors (Lipinski definition) is 6. The molecule has 0 aliphatic carbocycles. The smallest absolute Gasteiger partial charge is 0.228 e. The number of nitrogens with two attached hydrogens (primary N) is 1. The van der Waals surface area contributed by atoms with E-state index in [0.717, 1.165) is 41.3 Å². The Hall–Kier alpha value is -2.67. The van der Waals surface area contributed by atoms with Crippen LogP contribution in [0.5, 0.6) is 0 Å². The lowest BCUT2D eigenvalue weighted by Gasteiger charge is -2.32. The molecule has 2 aromatic rings. The molecule has 0 bridgehead atoms. The number of nitrogens with zero attached hydrogens (tertiary/aromatic N) is 3. The van der Waals surface area contributed by atoms with Gasteiger partial charge in [-0.15, -0.1) is 0 Å².